The van der Waals surface area contributed by atoms with E-state index in [1.165, 1.54) is 30.3 Å². The molecule has 7 nitrogen and oxygen atoms in total. The van der Waals surface area contributed by atoms with Gasteiger partial charge in [0.05, 0.1) is 12.8 Å². The van der Waals surface area contributed by atoms with Crippen molar-refractivity contribution in [1.29, 1.82) is 0 Å². The Balaban J connectivity index is 1.80. The summed E-state index contributed by atoms with van der Waals surface area (Å²) in [5.41, 5.74) is 0.877. The molecule has 1 aromatic carbocycles. The Labute approximate surface area is 158 Å². The van der Waals surface area contributed by atoms with Crippen LogP contribution in [0, 0.1) is 0 Å². The van der Waals surface area contributed by atoms with Gasteiger partial charge < -0.3 is 14.4 Å². The summed E-state index contributed by atoms with van der Waals surface area (Å²) in [5, 5.41) is 0. The van der Waals surface area contributed by atoms with E-state index in [1.54, 1.807) is 19.1 Å². The van der Waals surface area contributed by atoms with Crippen LogP contribution in [0.3, 0.4) is 0 Å². The average molecular weight is 395 g/mol. The molecular formula is C18H16F3N3O4. The first kappa shape index (κ1) is 19.5. The number of nitrogens with zero attached hydrogens (tertiary/aromatic N) is 3. The first-order chi connectivity index (χ1) is 13.2. The summed E-state index contributed by atoms with van der Waals surface area (Å²) in [5.74, 6) is -0.542. The maximum atomic E-state index is 12.8. The van der Waals surface area contributed by atoms with Crippen LogP contribution in [0.15, 0.2) is 42.6 Å². The minimum absolute atomic E-state index is 0.149. The summed E-state index contributed by atoms with van der Waals surface area (Å²) >= 11 is 0. The standard InChI is InChI=1S/C18H16F3N3O4/c1-11-16(25)24(13-3-5-14(6-4-13)28-18(19,20)21)17(26)23(11)10-12-7-8-22-15(9-12)27-2/h3-9,11H,10H2,1-2H3. The molecular weight excluding hydrogens is 379 g/mol. The van der Waals surface area contributed by atoms with Crippen molar-refractivity contribution in [1.82, 2.24) is 9.88 Å². The van der Waals surface area contributed by atoms with Gasteiger partial charge in [-0.2, -0.15) is 0 Å². The molecule has 0 radical (unpaired) electrons. The average Bonchev–Trinajstić information content (AvgIpc) is 2.85. The lowest BCUT2D eigenvalue weighted by atomic mass is 10.2. The number of aromatic nitrogens is 1. The van der Waals surface area contributed by atoms with Crippen LogP contribution in [0.5, 0.6) is 11.6 Å². The molecule has 0 N–H and O–H groups in total. The maximum absolute atomic E-state index is 12.8. The third kappa shape index (κ3) is 4.00. The van der Waals surface area contributed by atoms with E-state index in [9.17, 15) is 22.8 Å². The van der Waals surface area contributed by atoms with E-state index >= 15 is 0 Å². The van der Waals surface area contributed by atoms with Gasteiger partial charge >= 0.3 is 12.4 Å². The monoisotopic (exact) mass is 395 g/mol. The van der Waals surface area contributed by atoms with Crippen molar-refractivity contribution < 1.29 is 32.2 Å². The van der Waals surface area contributed by atoms with Gasteiger partial charge in [0.15, 0.2) is 0 Å². The van der Waals surface area contributed by atoms with Gasteiger partial charge in [-0.1, -0.05) is 0 Å². The zero-order valence-electron chi connectivity index (χ0n) is 14.9. The number of imide groups is 1. The SMILES string of the molecule is COc1cc(CN2C(=O)N(c3ccc(OC(F)(F)F)cc3)C(=O)C2C)ccn1. The van der Waals surface area contributed by atoms with E-state index in [0.717, 1.165) is 22.6 Å². The van der Waals surface area contributed by atoms with Gasteiger partial charge in [-0.25, -0.2) is 14.7 Å². The van der Waals surface area contributed by atoms with Crippen molar-refractivity contribution in [2.45, 2.75) is 25.9 Å². The van der Waals surface area contributed by atoms with E-state index in [1.807, 2.05) is 0 Å². The summed E-state index contributed by atoms with van der Waals surface area (Å²) in [6.07, 6.45) is -3.30. The summed E-state index contributed by atoms with van der Waals surface area (Å²) in [4.78, 5) is 31.6. The van der Waals surface area contributed by atoms with Crippen molar-refractivity contribution in [3.8, 4) is 11.6 Å². The summed E-state index contributed by atoms with van der Waals surface area (Å²) in [7, 11) is 1.47. The second kappa shape index (κ2) is 7.37. The van der Waals surface area contributed by atoms with E-state index in [-0.39, 0.29) is 12.2 Å². The number of methoxy groups -OCH3 is 1. The minimum atomic E-state index is -4.82. The molecule has 1 fully saturated rings. The fraction of sp³-hybridized carbons (Fsp3) is 0.278. The Morgan fingerprint density at radius 1 is 1.14 bits per heavy atom. The molecule has 3 amide bonds. The molecule has 0 saturated carbocycles. The predicted molar refractivity (Wildman–Crippen MR) is 91.8 cm³/mol. The zero-order chi connectivity index (χ0) is 20.5. The highest BCUT2D eigenvalue weighted by Crippen LogP contribution is 2.30. The van der Waals surface area contributed by atoms with E-state index in [0.29, 0.717) is 5.88 Å². The predicted octanol–water partition coefficient (Wildman–Crippen LogP) is 3.35. The van der Waals surface area contributed by atoms with Crippen molar-refractivity contribution in [2.24, 2.45) is 0 Å². The molecule has 1 aliphatic heterocycles. The topological polar surface area (TPSA) is 72.0 Å². The number of pyridine rings is 1. The molecule has 3 rings (SSSR count). The number of benzene rings is 1. The number of carbonyl (C=O) groups is 2. The lowest BCUT2D eigenvalue weighted by Gasteiger charge is -2.19. The third-order valence-corrected chi connectivity index (χ3v) is 4.17. The van der Waals surface area contributed by atoms with Crippen molar-refractivity contribution in [2.75, 3.05) is 12.0 Å². The largest absolute Gasteiger partial charge is 0.573 e. The van der Waals surface area contributed by atoms with Crippen molar-refractivity contribution >= 4 is 17.6 Å². The Bertz CT molecular complexity index is 886. The van der Waals surface area contributed by atoms with Gasteiger partial charge in [0, 0.05) is 18.8 Å². The highest BCUT2D eigenvalue weighted by Gasteiger charge is 2.43. The Morgan fingerprint density at radius 2 is 1.82 bits per heavy atom. The highest BCUT2D eigenvalue weighted by molar-refractivity contribution is 6.21. The van der Waals surface area contributed by atoms with Crippen LogP contribution in [0.4, 0.5) is 23.7 Å². The number of hydrogen-bond donors (Lipinski definition) is 0. The Morgan fingerprint density at radius 3 is 2.43 bits per heavy atom. The molecule has 0 bridgehead atoms. The van der Waals surface area contributed by atoms with Crippen LogP contribution in [-0.4, -0.2) is 41.3 Å². The lowest BCUT2D eigenvalue weighted by Crippen LogP contribution is -2.33. The lowest BCUT2D eigenvalue weighted by molar-refractivity contribution is -0.274. The quantitative estimate of drug-likeness (QED) is 0.726. The number of alkyl halides is 3. The highest BCUT2D eigenvalue weighted by atomic mass is 19.4. The minimum Gasteiger partial charge on any atom is -0.481 e. The zero-order valence-corrected chi connectivity index (χ0v) is 14.9. The van der Waals surface area contributed by atoms with Gasteiger partial charge in [0.1, 0.15) is 11.8 Å². The van der Waals surface area contributed by atoms with E-state index < -0.39 is 30.1 Å². The van der Waals surface area contributed by atoms with Crippen LogP contribution < -0.4 is 14.4 Å². The van der Waals surface area contributed by atoms with E-state index in [2.05, 4.69) is 9.72 Å². The molecule has 10 heteroatoms. The van der Waals surface area contributed by atoms with Crippen LogP contribution in [-0.2, 0) is 11.3 Å². The second-order valence-electron chi connectivity index (χ2n) is 6.01. The van der Waals surface area contributed by atoms with Crippen LogP contribution >= 0.6 is 0 Å². The van der Waals surface area contributed by atoms with Crippen molar-refractivity contribution in [3.63, 3.8) is 0 Å². The summed E-state index contributed by atoms with van der Waals surface area (Å²) in [6, 6.07) is 6.57. The van der Waals surface area contributed by atoms with E-state index in [4.69, 9.17) is 4.74 Å². The normalized spacial score (nSPS) is 17.2. The van der Waals surface area contributed by atoms with Gasteiger partial charge in [-0.05, 0) is 42.8 Å². The molecule has 2 heterocycles. The van der Waals surface area contributed by atoms with Crippen LogP contribution in [0.1, 0.15) is 12.5 Å². The van der Waals surface area contributed by atoms with Gasteiger partial charge in [0.2, 0.25) is 5.88 Å². The first-order valence-electron chi connectivity index (χ1n) is 8.19. The molecule has 1 unspecified atom stereocenters. The van der Waals surface area contributed by atoms with Gasteiger partial charge in [0.25, 0.3) is 5.91 Å². The number of anilines is 1. The fourth-order valence-electron chi connectivity index (χ4n) is 2.80. The van der Waals surface area contributed by atoms with Gasteiger partial charge in [-0.3, -0.25) is 4.79 Å². The number of halogens is 3. The molecule has 28 heavy (non-hydrogen) atoms. The molecule has 0 aliphatic carbocycles. The summed E-state index contributed by atoms with van der Waals surface area (Å²) < 4.78 is 45.7. The number of ether oxygens (including phenoxy) is 2. The fourth-order valence-corrected chi connectivity index (χ4v) is 2.80. The smallest absolute Gasteiger partial charge is 0.481 e. The Kier molecular flexibility index (Phi) is 5.12. The van der Waals surface area contributed by atoms with Gasteiger partial charge in [-0.15, -0.1) is 13.2 Å². The molecule has 1 atom stereocenters. The molecule has 1 saturated heterocycles. The Hall–Kier alpha value is -3.30. The number of hydrogen-bond acceptors (Lipinski definition) is 5. The molecule has 1 aromatic heterocycles. The maximum Gasteiger partial charge on any atom is 0.573 e. The molecule has 1 aliphatic rings. The number of urea groups is 1. The number of rotatable bonds is 5. The molecule has 0 spiro atoms. The molecule has 148 valence electrons. The summed E-state index contributed by atoms with van der Waals surface area (Å²) in [6.45, 7) is 1.73. The third-order valence-electron chi connectivity index (χ3n) is 4.17. The number of amides is 3. The number of carbonyl (C=O) groups excluding carboxylic acids is 2. The van der Waals surface area contributed by atoms with Crippen LogP contribution in [0.25, 0.3) is 0 Å². The second-order valence-corrected chi connectivity index (χ2v) is 6.01. The van der Waals surface area contributed by atoms with Crippen LogP contribution in [0.2, 0.25) is 0 Å². The molecule has 2 aromatic rings. The van der Waals surface area contributed by atoms with Crippen molar-refractivity contribution in [3.05, 3.63) is 48.2 Å². The first-order valence-corrected chi connectivity index (χ1v) is 8.19.